The average Bonchev–Trinajstić information content (AvgIpc) is 2.95. The Morgan fingerprint density at radius 3 is 2.81 bits per heavy atom. The van der Waals surface area contributed by atoms with Crippen molar-refractivity contribution in [3.05, 3.63) is 35.6 Å². The van der Waals surface area contributed by atoms with Gasteiger partial charge in [-0.1, -0.05) is 12.1 Å². The van der Waals surface area contributed by atoms with Crippen molar-refractivity contribution < 1.29 is 19.0 Å². The zero-order chi connectivity index (χ0) is 19.6. The van der Waals surface area contributed by atoms with Crippen molar-refractivity contribution in [1.82, 2.24) is 10.2 Å². The topological polar surface area (TPSA) is 61.8 Å². The Balaban J connectivity index is 1.58. The number of nitrogens with one attached hydrogen (secondary N) is 1. The summed E-state index contributed by atoms with van der Waals surface area (Å²) in [5.41, 5.74) is 0.440. The summed E-state index contributed by atoms with van der Waals surface area (Å²) in [5, 5.41) is 13.6. The number of carbonyl (C=O) groups excluding carboxylic acids is 1. The normalized spacial score (nSPS) is 29.5. The summed E-state index contributed by atoms with van der Waals surface area (Å²) in [4.78, 5) is 14.3. The van der Waals surface area contributed by atoms with Gasteiger partial charge in [0.1, 0.15) is 11.4 Å². The lowest BCUT2D eigenvalue weighted by molar-refractivity contribution is 0.0348. The number of nitrogens with zero attached hydrogens (tertiary/aromatic N) is 1. The first-order valence-corrected chi connectivity index (χ1v) is 9.88. The summed E-state index contributed by atoms with van der Waals surface area (Å²) in [5.74, 6) is -0.0649. The highest BCUT2D eigenvalue weighted by atomic mass is 19.1. The van der Waals surface area contributed by atoms with Crippen molar-refractivity contribution in [2.24, 2.45) is 0 Å². The number of piperidine rings is 1. The fraction of sp³-hybridized carbons (Fsp3) is 0.667. The van der Waals surface area contributed by atoms with Gasteiger partial charge in [0.15, 0.2) is 0 Å². The summed E-state index contributed by atoms with van der Waals surface area (Å²) < 4.78 is 18.9. The largest absolute Gasteiger partial charge is 0.444 e. The highest BCUT2D eigenvalue weighted by Crippen LogP contribution is 2.38. The maximum Gasteiger partial charge on any atom is 0.407 e. The molecule has 2 N–H and O–H groups in total. The number of hydrogen-bond donors (Lipinski definition) is 2. The van der Waals surface area contributed by atoms with Crippen LogP contribution in [0.2, 0.25) is 0 Å². The highest BCUT2D eigenvalue weighted by molar-refractivity contribution is 5.68. The van der Waals surface area contributed by atoms with Gasteiger partial charge >= 0.3 is 6.09 Å². The Morgan fingerprint density at radius 2 is 2.11 bits per heavy atom. The van der Waals surface area contributed by atoms with Gasteiger partial charge in [-0.05, 0) is 76.6 Å². The Hall–Kier alpha value is -1.66. The summed E-state index contributed by atoms with van der Waals surface area (Å²) in [6.45, 7) is 7.16. The molecule has 5 nitrogen and oxygen atoms in total. The molecule has 0 bridgehead atoms. The maximum absolute atomic E-state index is 13.5. The first-order chi connectivity index (χ1) is 12.7. The number of rotatable bonds is 3. The third-order valence-corrected chi connectivity index (χ3v) is 5.46. The molecule has 1 amide bonds. The van der Waals surface area contributed by atoms with E-state index in [9.17, 15) is 14.3 Å². The van der Waals surface area contributed by atoms with Crippen LogP contribution in [0.4, 0.5) is 9.18 Å². The minimum Gasteiger partial charge on any atom is -0.444 e. The van der Waals surface area contributed by atoms with Crippen LogP contribution in [-0.2, 0) is 4.74 Å². The first kappa shape index (κ1) is 20.1. The molecule has 2 fully saturated rings. The lowest BCUT2D eigenvalue weighted by Crippen LogP contribution is -2.53. The molecule has 3 unspecified atom stereocenters. The van der Waals surface area contributed by atoms with Crippen molar-refractivity contribution >= 4 is 6.09 Å². The molecule has 6 heteroatoms. The summed E-state index contributed by atoms with van der Waals surface area (Å²) in [6.07, 6.45) is 2.51. The first-order valence-electron chi connectivity index (χ1n) is 9.88. The molecule has 0 spiro atoms. The average molecular weight is 378 g/mol. The number of alkyl carbamates (subject to hydrolysis) is 1. The quantitative estimate of drug-likeness (QED) is 0.846. The van der Waals surface area contributed by atoms with Crippen LogP contribution in [0, 0.1) is 5.82 Å². The zero-order valence-corrected chi connectivity index (χ0v) is 16.5. The third-order valence-electron chi connectivity index (χ3n) is 5.46. The van der Waals surface area contributed by atoms with Gasteiger partial charge in [0, 0.05) is 18.6 Å². The van der Waals surface area contributed by atoms with Crippen molar-refractivity contribution in [1.29, 1.82) is 0 Å². The van der Waals surface area contributed by atoms with E-state index in [4.69, 9.17) is 4.74 Å². The number of halogens is 1. The van der Waals surface area contributed by atoms with Crippen LogP contribution in [0.25, 0.3) is 0 Å². The molecular formula is C21H31FN2O3. The van der Waals surface area contributed by atoms with E-state index in [0.29, 0.717) is 13.0 Å². The van der Waals surface area contributed by atoms with Crippen LogP contribution in [0.15, 0.2) is 24.3 Å². The Kier molecular flexibility index (Phi) is 6.06. The smallest absolute Gasteiger partial charge is 0.407 e. The van der Waals surface area contributed by atoms with Crippen LogP contribution in [0.3, 0.4) is 0 Å². The van der Waals surface area contributed by atoms with Gasteiger partial charge < -0.3 is 15.2 Å². The lowest BCUT2D eigenvalue weighted by atomic mass is 9.96. The second kappa shape index (κ2) is 8.15. The summed E-state index contributed by atoms with van der Waals surface area (Å²) >= 11 is 0. The van der Waals surface area contributed by atoms with Crippen LogP contribution in [0.5, 0.6) is 0 Å². The molecule has 1 aliphatic carbocycles. The Bertz CT molecular complexity index is 661. The van der Waals surface area contributed by atoms with E-state index in [-0.39, 0.29) is 29.9 Å². The van der Waals surface area contributed by atoms with Gasteiger partial charge in [-0.15, -0.1) is 0 Å². The minimum absolute atomic E-state index is 0.0222. The molecule has 1 aromatic carbocycles. The van der Waals surface area contributed by atoms with Crippen molar-refractivity contribution in [3.8, 4) is 0 Å². The maximum atomic E-state index is 13.5. The molecule has 1 saturated carbocycles. The van der Waals surface area contributed by atoms with Crippen molar-refractivity contribution in [2.45, 2.75) is 76.2 Å². The van der Waals surface area contributed by atoms with Crippen molar-refractivity contribution in [3.63, 3.8) is 0 Å². The third kappa shape index (κ3) is 5.42. The molecule has 150 valence electrons. The van der Waals surface area contributed by atoms with Gasteiger partial charge in [-0.2, -0.15) is 0 Å². The molecule has 1 saturated heterocycles. The number of benzene rings is 1. The monoisotopic (exact) mass is 378 g/mol. The van der Waals surface area contributed by atoms with Crippen LogP contribution in [-0.4, -0.2) is 53.0 Å². The molecule has 1 aromatic rings. The number of likely N-dealkylation sites (tertiary alicyclic amines) is 1. The van der Waals surface area contributed by atoms with E-state index < -0.39 is 11.7 Å². The van der Waals surface area contributed by atoms with E-state index in [1.54, 1.807) is 12.1 Å². The number of aliphatic hydroxyl groups excluding tert-OH is 1. The summed E-state index contributed by atoms with van der Waals surface area (Å²) in [6, 6.07) is 6.75. The van der Waals surface area contributed by atoms with Gasteiger partial charge in [0.25, 0.3) is 0 Å². The van der Waals surface area contributed by atoms with E-state index in [0.717, 1.165) is 31.4 Å². The molecule has 3 rings (SSSR count). The van der Waals surface area contributed by atoms with Crippen molar-refractivity contribution in [2.75, 3.05) is 13.1 Å². The Morgan fingerprint density at radius 1 is 1.33 bits per heavy atom. The van der Waals surface area contributed by atoms with Gasteiger partial charge in [0.05, 0.1) is 6.10 Å². The fourth-order valence-corrected chi connectivity index (χ4v) is 4.32. The minimum atomic E-state index is -0.516. The van der Waals surface area contributed by atoms with Crippen LogP contribution < -0.4 is 5.32 Å². The van der Waals surface area contributed by atoms with E-state index >= 15 is 0 Å². The SMILES string of the molecule is CC(C)(C)OC(=O)N[C@@H]1CCCN(C2CC(c3cccc(F)c3)CC2O)C1. The predicted molar refractivity (Wildman–Crippen MR) is 102 cm³/mol. The lowest BCUT2D eigenvalue weighted by Gasteiger charge is -2.38. The molecule has 0 aromatic heterocycles. The standard InChI is InChI=1S/C21H31FN2O3/c1-21(2,3)27-20(26)23-17-8-5-9-24(13-17)18-11-15(12-19(18)25)14-6-4-7-16(22)10-14/h4,6-7,10,15,17-19,25H,5,8-9,11-13H2,1-3H3,(H,23,26)/t15?,17-,18?,19?/m1/s1. The molecule has 4 atom stereocenters. The molecule has 1 aliphatic heterocycles. The molecular weight excluding hydrogens is 347 g/mol. The number of ether oxygens (including phenoxy) is 1. The molecule has 1 heterocycles. The van der Waals surface area contributed by atoms with Gasteiger partial charge in [-0.25, -0.2) is 9.18 Å². The molecule has 0 radical (unpaired) electrons. The van der Waals surface area contributed by atoms with Crippen LogP contribution in [0.1, 0.15) is 57.9 Å². The highest BCUT2D eigenvalue weighted by Gasteiger charge is 2.39. The van der Waals surface area contributed by atoms with Crippen LogP contribution >= 0.6 is 0 Å². The van der Waals surface area contributed by atoms with E-state index in [1.807, 2.05) is 26.8 Å². The van der Waals surface area contributed by atoms with E-state index in [1.165, 1.54) is 6.07 Å². The number of carbonyl (C=O) groups is 1. The Labute approximate surface area is 160 Å². The number of amides is 1. The molecule has 27 heavy (non-hydrogen) atoms. The number of aliphatic hydroxyl groups is 1. The predicted octanol–water partition coefficient (Wildman–Crippen LogP) is 3.42. The second-order valence-corrected chi connectivity index (χ2v) is 8.84. The number of hydrogen-bond acceptors (Lipinski definition) is 4. The zero-order valence-electron chi connectivity index (χ0n) is 16.5. The van der Waals surface area contributed by atoms with Gasteiger partial charge in [0.2, 0.25) is 0 Å². The second-order valence-electron chi connectivity index (χ2n) is 8.84. The van der Waals surface area contributed by atoms with Gasteiger partial charge in [-0.3, -0.25) is 4.90 Å². The fourth-order valence-electron chi connectivity index (χ4n) is 4.32. The summed E-state index contributed by atoms with van der Waals surface area (Å²) in [7, 11) is 0. The van der Waals surface area contributed by atoms with E-state index in [2.05, 4.69) is 10.2 Å². The molecule has 2 aliphatic rings.